The number of benzene rings is 2. The highest BCUT2D eigenvalue weighted by atomic mass is 79.9. The Morgan fingerprint density at radius 2 is 1.90 bits per heavy atom. The van der Waals surface area contributed by atoms with Gasteiger partial charge in [0.2, 0.25) is 0 Å². The zero-order valence-corrected chi connectivity index (χ0v) is 18.3. The summed E-state index contributed by atoms with van der Waals surface area (Å²) in [5, 5.41) is 6.33. The summed E-state index contributed by atoms with van der Waals surface area (Å²) in [6, 6.07) is 12.0. The van der Waals surface area contributed by atoms with Gasteiger partial charge in [0.1, 0.15) is 5.69 Å². The zero-order chi connectivity index (χ0) is 21.8. The summed E-state index contributed by atoms with van der Waals surface area (Å²) in [7, 11) is 0. The minimum Gasteiger partial charge on any atom is -0.344 e. The van der Waals surface area contributed by atoms with Crippen molar-refractivity contribution in [2.75, 3.05) is 17.3 Å². The smallest absolute Gasteiger partial charge is 0.328 e. The highest BCUT2D eigenvalue weighted by molar-refractivity contribution is 9.10. The van der Waals surface area contributed by atoms with Crippen LogP contribution in [0.3, 0.4) is 0 Å². The van der Waals surface area contributed by atoms with E-state index in [1.807, 2.05) is 19.1 Å². The summed E-state index contributed by atoms with van der Waals surface area (Å²) in [5.74, 6) is -2.22. The number of nitrogens with zero attached hydrogens (tertiary/aromatic N) is 1. The van der Waals surface area contributed by atoms with Crippen molar-refractivity contribution < 1.29 is 14.4 Å². The third kappa shape index (κ3) is 4.72. The van der Waals surface area contributed by atoms with Crippen molar-refractivity contribution in [3.8, 4) is 0 Å². The molecule has 3 amide bonds. The van der Waals surface area contributed by atoms with Crippen LogP contribution >= 0.6 is 27.5 Å². The van der Waals surface area contributed by atoms with Crippen molar-refractivity contribution in [1.29, 1.82) is 0 Å². The van der Waals surface area contributed by atoms with Gasteiger partial charge in [0.25, 0.3) is 5.91 Å². The standard InChI is InChI=1S/C21H18BrClN4O3/c1-3-8-24-20(29)21(30)26-27-17-7-5-15(23)10-13(17)11-18(27)19(28)25-16-6-4-14(22)9-12(16)2/h3-7,9-11H,1,8H2,2H3,(H,24,29)(H,25,28)(H,26,30). The maximum absolute atomic E-state index is 13.0. The SMILES string of the molecule is C=CCNC(=O)C(=O)Nn1c(C(=O)Nc2ccc(Br)cc2C)cc2cc(Cl)ccc21. The van der Waals surface area contributed by atoms with Gasteiger partial charge >= 0.3 is 11.8 Å². The summed E-state index contributed by atoms with van der Waals surface area (Å²) >= 11 is 9.45. The zero-order valence-electron chi connectivity index (χ0n) is 16.0. The molecule has 1 aromatic heterocycles. The molecule has 2 aromatic carbocycles. The first-order valence-electron chi connectivity index (χ1n) is 8.88. The fraction of sp³-hybridized carbons (Fsp3) is 0.0952. The molecular formula is C21H18BrClN4O3. The molecule has 0 spiro atoms. The predicted octanol–water partition coefficient (Wildman–Crippen LogP) is 3.99. The van der Waals surface area contributed by atoms with Crippen LogP contribution in [-0.2, 0) is 9.59 Å². The average Bonchev–Trinajstić information content (AvgIpc) is 3.05. The van der Waals surface area contributed by atoms with Gasteiger partial charge in [0.15, 0.2) is 0 Å². The molecule has 0 fully saturated rings. The molecular weight excluding hydrogens is 472 g/mol. The van der Waals surface area contributed by atoms with Crippen LogP contribution < -0.4 is 16.1 Å². The normalized spacial score (nSPS) is 10.5. The topological polar surface area (TPSA) is 92.2 Å². The van der Waals surface area contributed by atoms with Gasteiger partial charge in [0.05, 0.1) is 5.52 Å². The third-order valence-electron chi connectivity index (χ3n) is 4.26. The predicted molar refractivity (Wildman–Crippen MR) is 121 cm³/mol. The molecule has 0 radical (unpaired) electrons. The van der Waals surface area contributed by atoms with E-state index in [0.717, 1.165) is 10.0 Å². The van der Waals surface area contributed by atoms with Crippen molar-refractivity contribution in [1.82, 2.24) is 9.99 Å². The maximum atomic E-state index is 13.0. The van der Waals surface area contributed by atoms with Crippen LogP contribution in [-0.4, -0.2) is 28.9 Å². The number of nitrogens with one attached hydrogen (secondary N) is 3. The first-order chi connectivity index (χ1) is 14.3. The number of halogens is 2. The molecule has 0 saturated carbocycles. The minimum atomic E-state index is -0.918. The van der Waals surface area contributed by atoms with Crippen LogP contribution in [0.5, 0.6) is 0 Å². The summed E-state index contributed by atoms with van der Waals surface area (Å²) in [4.78, 5) is 37.3. The Morgan fingerprint density at radius 1 is 1.13 bits per heavy atom. The molecule has 0 aliphatic heterocycles. The van der Waals surface area contributed by atoms with Gasteiger partial charge in [-0.2, -0.15) is 0 Å². The van der Waals surface area contributed by atoms with E-state index < -0.39 is 17.7 Å². The number of hydrogen-bond donors (Lipinski definition) is 3. The van der Waals surface area contributed by atoms with Crippen molar-refractivity contribution in [2.45, 2.75) is 6.92 Å². The van der Waals surface area contributed by atoms with E-state index in [1.165, 1.54) is 10.8 Å². The maximum Gasteiger partial charge on any atom is 0.328 e. The number of fused-ring (bicyclic) bond motifs is 1. The Labute approximate surface area is 186 Å². The molecule has 3 N–H and O–H groups in total. The Morgan fingerprint density at radius 3 is 2.60 bits per heavy atom. The van der Waals surface area contributed by atoms with E-state index >= 15 is 0 Å². The van der Waals surface area contributed by atoms with Gasteiger partial charge < -0.3 is 10.6 Å². The number of amides is 3. The lowest BCUT2D eigenvalue weighted by molar-refractivity contribution is -0.136. The second-order valence-corrected chi connectivity index (χ2v) is 7.77. The highest BCUT2D eigenvalue weighted by Gasteiger charge is 2.21. The van der Waals surface area contributed by atoms with Gasteiger partial charge in [-0.25, -0.2) is 4.68 Å². The summed E-state index contributed by atoms with van der Waals surface area (Å²) in [5.41, 5.74) is 4.60. The summed E-state index contributed by atoms with van der Waals surface area (Å²) in [6.45, 7) is 5.49. The van der Waals surface area contributed by atoms with Gasteiger partial charge in [0, 0.05) is 27.1 Å². The largest absolute Gasteiger partial charge is 0.344 e. The molecule has 0 saturated heterocycles. The van der Waals surface area contributed by atoms with Gasteiger partial charge in [-0.3, -0.25) is 19.8 Å². The van der Waals surface area contributed by atoms with E-state index in [9.17, 15) is 14.4 Å². The van der Waals surface area contributed by atoms with Crippen LogP contribution in [0.15, 0.2) is 59.6 Å². The molecule has 0 aliphatic carbocycles. The monoisotopic (exact) mass is 488 g/mol. The van der Waals surface area contributed by atoms with Crippen molar-refractivity contribution >= 4 is 61.8 Å². The number of carbonyl (C=O) groups excluding carboxylic acids is 3. The molecule has 3 aromatic rings. The fourth-order valence-corrected chi connectivity index (χ4v) is 3.48. The van der Waals surface area contributed by atoms with Crippen LogP contribution in [0.1, 0.15) is 16.1 Å². The van der Waals surface area contributed by atoms with Crippen LogP contribution in [0.4, 0.5) is 5.69 Å². The number of anilines is 1. The quantitative estimate of drug-likeness (QED) is 0.374. The van der Waals surface area contributed by atoms with Gasteiger partial charge in [-0.05, 0) is 55.0 Å². The van der Waals surface area contributed by atoms with Gasteiger partial charge in [-0.1, -0.05) is 33.6 Å². The third-order valence-corrected chi connectivity index (χ3v) is 4.99. The van der Waals surface area contributed by atoms with E-state index in [0.29, 0.717) is 21.6 Å². The molecule has 0 bridgehead atoms. The first-order valence-corrected chi connectivity index (χ1v) is 10.1. The number of carbonyl (C=O) groups is 3. The van der Waals surface area contributed by atoms with Crippen LogP contribution in [0.2, 0.25) is 5.02 Å². The molecule has 30 heavy (non-hydrogen) atoms. The molecule has 7 nitrogen and oxygen atoms in total. The Hall–Kier alpha value is -3.10. The van der Waals surface area contributed by atoms with Crippen LogP contribution in [0, 0.1) is 6.92 Å². The second-order valence-electron chi connectivity index (χ2n) is 6.42. The first kappa shape index (κ1) is 21.6. The van der Waals surface area contributed by atoms with E-state index in [2.05, 4.69) is 38.6 Å². The summed E-state index contributed by atoms with van der Waals surface area (Å²) in [6.07, 6.45) is 1.46. The lowest BCUT2D eigenvalue weighted by atomic mass is 10.2. The fourth-order valence-electron chi connectivity index (χ4n) is 2.82. The van der Waals surface area contributed by atoms with Crippen molar-refractivity contribution in [2.24, 2.45) is 0 Å². The Bertz CT molecular complexity index is 1170. The van der Waals surface area contributed by atoms with E-state index in [1.54, 1.807) is 30.3 Å². The molecule has 0 unspecified atom stereocenters. The Balaban J connectivity index is 1.97. The van der Waals surface area contributed by atoms with Crippen molar-refractivity contribution in [3.05, 3.63) is 75.9 Å². The molecule has 0 atom stereocenters. The molecule has 9 heteroatoms. The Kier molecular flexibility index (Phi) is 6.59. The van der Waals surface area contributed by atoms with E-state index in [-0.39, 0.29) is 12.2 Å². The minimum absolute atomic E-state index is 0.138. The number of hydrogen-bond acceptors (Lipinski definition) is 3. The second kappa shape index (κ2) is 9.15. The van der Waals surface area contributed by atoms with Crippen LogP contribution in [0.25, 0.3) is 10.9 Å². The molecule has 154 valence electrons. The number of rotatable bonds is 5. The van der Waals surface area contributed by atoms with E-state index in [4.69, 9.17) is 11.6 Å². The lowest BCUT2D eigenvalue weighted by Crippen LogP contribution is -2.39. The average molecular weight is 490 g/mol. The number of aryl methyl sites for hydroxylation is 1. The summed E-state index contributed by atoms with van der Waals surface area (Å²) < 4.78 is 2.16. The molecule has 0 aliphatic rings. The highest BCUT2D eigenvalue weighted by Crippen LogP contribution is 2.25. The van der Waals surface area contributed by atoms with Gasteiger partial charge in [-0.15, -0.1) is 6.58 Å². The lowest BCUT2D eigenvalue weighted by Gasteiger charge is -2.13. The van der Waals surface area contributed by atoms with Crippen molar-refractivity contribution in [3.63, 3.8) is 0 Å². The number of aromatic nitrogens is 1. The molecule has 3 rings (SSSR count). The molecule has 1 heterocycles.